The van der Waals surface area contributed by atoms with Crippen LogP contribution in [0, 0.1) is 3.57 Å². The topological polar surface area (TPSA) is 12.4 Å². The van der Waals surface area contributed by atoms with E-state index in [-0.39, 0.29) is 0 Å². The third-order valence-electron chi connectivity index (χ3n) is 3.01. The normalized spacial score (nSPS) is 11.2. The molecule has 0 amide bonds. The van der Waals surface area contributed by atoms with Crippen molar-refractivity contribution in [3.63, 3.8) is 0 Å². The molecule has 3 aromatic rings. The maximum Gasteiger partial charge on any atom is 0.0708 e. The Balaban J connectivity index is 2.04. The Labute approximate surface area is 126 Å². The largest absolute Gasteiger partial charge is 0.256 e. The molecule has 2 heteroatoms. The highest BCUT2D eigenvalue weighted by atomic mass is 127. The minimum Gasteiger partial charge on any atom is -0.256 e. The molecule has 92 valence electrons. The van der Waals surface area contributed by atoms with E-state index in [2.05, 4.69) is 70.0 Å². The van der Waals surface area contributed by atoms with Gasteiger partial charge in [0.1, 0.15) is 0 Å². The Hall–Kier alpha value is -1.68. The van der Waals surface area contributed by atoms with E-state index in [0.29, 0.717) is 0 Å². The average Bonchev–Trinajstić information content (AvgIpc) is 2.46. The second kappa shape index (κ2) is 5.53. The zero-order valence-corrected chi connectivity index (χ0v) is 12.4. The molecule has 0 unspecified atom stereocenters. The summed E-state index contributed by atoms with van der Waals surface area (Å²) < 4.78 is 1.21. The van der Waals surface area contributed by atoms with Gasteiger partial charge in [0.2, 0.25) is 0 Å². The van der Waals surface area contributed by atoms with Gasteiger partial charge in [-0.05, 0) is 40.1 Å². The summed E-state index contributed by atoms with van der Waals surface area (Å²) in [6.45, 7) is 0. The fourth-order valence-corrected chi connectivity index (χ4v) is 2.57. The van der Waals surface area contributed by atoms with Crippen LogP contribution in [-0.4, -0.2) is 6.21 Å². The second-order valence-corrected chi connectivity index (χ2v) is 5.44. The van der Waals surface area contributed by atoms with Crippen molar-refractivity contribution in [2.45, 2.75) is 0 Å². The van der Waals surface area contributed by atoms with E-state index < -0.39 is 0 Å². The number of aliphatic imine (C=N–C) groups is 1. The van der Waals surface area contributed by atoms with Gasteiger partial charge in [-0.3, -0.25) is 4.99 Å². The lowest BCUT2D eigenvalue weighted by molar-refractivity contribution is 1.54. The number of rotatable bonds is 2. The molecule has 3 aromatic carbocycles. The lowest BCUT2D eigenvalue weighted by atomic mass is 10.1. The Kier molecular flexibility index (Phi) is 3.60. The maximum atomic E-state index is 4.64. The molecular formula is C17H12IN. The van der Waals surface area contributed by atoms with Gasteiger partial charge in [-0.25, -0.2) is 0 Å². The summed E-state index contributed by atoms with van der Waals surface area (Å²) in [5, 5.41) is 2.41. The number of hydrogen-bond acceptors (Lipinski definition) is 1. The summed E-state index contributed by atoms with van der Waals surface area (Å²) >= 11 is 2.33. The third-order valence-corrected chi connectivity index (χ3v) is 4.00. The number of halogens is 1. The summed E-state index contributed by atoms with van der Waals surface area (Å²) in [4.78, 5) is 4.64. The maximum absolute atomic E-state index is 4.64. The van der Waals surface area contributed by atoms with Crippen LogP contribution in [0.15, 0.2) is 71.7 Å². The zero-order valence-electron chi connectivity index (χ0n) is 10.3. The predicted octanol–water partition coefficient (Wildman–Crippen LogP) is 5.20. The second-order valence-electron chi connectivity index (χ2n) is 4.28. The number of benzene rings is 3. The molecular weight excluding hydrogens is 345 g/mol. The monoisotopic (exact) mass is 357 g/mol. The highest BCUT2D eigenvalue weighted by Crippen LogP contribution is 2.25. The van der Waals surface area contributed by atoms with Crippen LogP contribution in [0.4, 0.5) is 5.69 Å². The molecule has 0 aliphatic carbocycles. The van der Waals surface area contributed by atoms with Crippen molar-refractivity contribution in [1.82, 2.24) is 0 Å². The van der Waals surface area contributed by atoms with Crippen LogP contribution in [0.3, 0.4) is 0 Å². The molecule has 0 heterocycles. The van der Waals surface area contributed by atoms with Crippen molar-refractivity contribution in [2.75, 3.05) is 0 Å². The van der Waals surface area contributed by atoms with Gasteiger partial charge >= 0.3 is 0 Å². The summed E-state index contributed by atoms with van der Waals surface area (Å²) in [5.41, 5.74) is 2.16. The van der Waals surface area contributed by atoms with Gasteiger partial charge in [0, 0.05) is 20.7 Å². The number of nitrogens with zero attached hydrogens (tertiary/aromatic N) is 1. The molecule has 0 aromatic heterocycles. The standard InChI is InChI=1S/C17H12IN/c18-16-10-4-2-7-14(16)12-19-17-11-5-8-13-6-1-3-9-15(13)17/h1-12H. The van der Waals surface area contributed by atoms with Crippen LogP contribution < -0.4 is 0 Å². The smallest absolute Gasteiger partial charge is 0.0708 e. The lowest BCUT2D eigenvalue weighted by Gasteiger charge is -2.01. The van der Waals surface area contributed by atoms with Crippen LogP contribution in [0.1, 0.15) is 5.56 Å². The summed E-state index contributed by atoms with van der Waals surface area (Å²) in [7, 11) is 0. The van der Waals surface area contributed by atoms with Crippen molar-refractivity contribution in [3.8, 4) is 0 Å². The Morgan fingerprint density at radius 3 is 2.42 bits per heavy atom. The van der Waals surface area contributed by atoms with Gasteiger partial charge in [-0.1, -0.05) is 54.6 Å². The molecule has 0 spiro atoms. The van der Waals surface area contributed by atoms with Crippen LogP contribution in [0.25, 0.3) is 10.8 Å². The molecule has 0 aliphatic rings. The van der Waals surface area contributed by atoms with Gasteiger partial charge in [0.25, 0.3) is 0 Å². The number of hydrogen-bond donors (Lipinski definition) is 0. The van der Waals surface area contributed by atoms with E-state index in [4.69, 9.17) is 0 Å². The van der Waals surface area contributed by atoms with E-state index in [9.17, 15) is 0 Å². The van der Waals surface area contributed by atoms with E-state index in [1.165, 1.54) is 14.3 Å². The van der Waals surface area contributed by atoms with E-state index >= 15 is 0 Å². The minimum absolute atomic E-state index is 1.01. The first-order valence-corrected chi connectivity index (χ1v) is 7.19. The quantitative estimate of drug-likeness (QED) is 0.442. The SMILES string of the molecule is Ic1ccccc1C=Nc1cccc2ccccc12. The highest BCUT2D eigenvalue weighted by Gasteiger charge is 1.98. The first-order chi connectivity index (χ1) is 9.34. The van der Waals surface area contributed by atoms with Crippen molar-refractivity contribution in [3.05, 3.63) is 75.9 Å². The van der Waals surface area contributed by atoms with Gasteiger partial charge in [0.15, 0.2) is 0 Å². The molecule has 0 bridgehead atoms. The number of fused-ring (bicyclic) bond motifs is 1. The first-order valence-electron chi connectivity index (χ1n) is 6.11. The summed E-state index contributed by atoms with van der Waals surface area (Å²) in [6.07, 6.45) is 1.93. The molecule has 1 nitrogen and oxygen atoms in total. The van der Waals surface area contributed by atoms with Crippen LogP contribution in [0.5, 0.6) is 0 Å². The molecule has 0 fully saturated rings. The van der Waals surface area contributed by atoms with Crippen LogP contribution in [-0.2, 0) is 0 Å². The van der Waals surface area contributed by atoms with Gasteiger partial charge in [-0.15, -0.1) is 0 Å². The van der Waals surface area contributed by atoms with Gasteiger partial charge in [-0.2, -0.15) is 0 Å². The average molecular weight is 357 g/mol. The molecule has 0 saturated heterocycles. The summed E-state index contributed by atoms with van der Waals surface area (Å²) in [6, 6.07) is 22.8. The third kappa shape index (κ3) is 2.68. The van der Waals surface area contributed by atoms with Gasteiger partial charge in [0.05, 0.1) is 5.69 Å². The van der Waals surface area contributed by atoms with Crippen molar-refractivity contribution >= 4 is 45.3 Å². The molecule has 0 saturated carbocycles. The molecule has 0 N–H and O–H groups in total. The first kappa shape index (κ1) is 12.4. The Morgan fingerprint density at radius 1 is 0.789 bits per heavy atom. The zero-order chi connectivity index (χ0) is 13.1. The molecule has 19 heavy (non-hydrogen) atoms. The van der Waals surface area contributed by atoms with Crippen LogP contribution >= 0.6 is 22.6 Å². The lowest BCUT2D eigenvalue weighted by Crippen LogP contribution is -1.84. The molecule has 0 radical (unpaired) electrons. The van der Waals surface area contributed by atoms with Crippen molar-refractivity contribution in [2.24, 2.45) is 4.99 Å². The van der Waals surface area contributed by atoms with Crippen molar-refractivity contribution in [1.29, 1.82) is 0 Å². The molecule has 0 atom stereocenters. The fraction of sp³-hybridized carbons (Fsp3) is 0. The van der Waals surface area contributed by atoms with Crippen LogP contribution in [0.2, 0.25) is 0 Å². The highest BCUT2D eigenvalue weighted by molar-refractivity contribution is 14.1. The fourth-order valence-electron chi connectivity index (χ4n) is 2.04. The van der Waals surface area contributed by atoms with E-state index in [1.54, 1.807) is 0 Å². The van der Waals surface area contributed by atoms with E-state index in [0.717, 1.165) is 11.3 Å². The Morgan fingerprint density at radius 2 is 1.53 bits per heavy atom. The van der Waals surface area contributed by atoms with Crippen molar-refractivity contribution < 1.29 is 0 Å². The minimum atomic E-state index is 1.01. The molecule has 0 aliphatic heterocycles. The summed E-state index contributed by atoms with van der Waals surface area (Å²) in [5.74, 6) is 0. The van der Waals surface area contributed by atoms with Gasteiger partial charge < -0.3 is 0 Å². The predicted molar refractivity (Wildman–Crippen MR) is 90.4 cm³/mol. The molecule has 3 rings (SSSR count). The van der Waals surface area contributed by atoms with E-state index in [1.807, 2.05) is 30.5 Å². The Bertz CT molecular complexity index is 742.